The summed E-state index contributed by atoms with van der Waals surface area (Å²) in [6.45, 7) is 6.10. The summed E-state index contributed by atoms with van der Waals surface area (Å²) in [5, 5.41) is 0. The summed E-state index contributed by atoms with van der Waals surface area (Å²) in [6, 6.07) is 3.38. The second-order valence-electron chi connectivity index (χ2n) is 5.56. The lowest BCUT2D eigenvalue weighted by Gasteiger charge is -2.20. The van der Waals surface area contributed by atoms with Crippen molar-refractivity contribution in [1.82, 2.24) is 0 Å². The topological polar surface area (TPSA) is 60.4 Å². The number of hydrogen-bond donors (Lipinski definition) is 0. The van der Waals surface area contributed by atoms with Crippen molar-refractivity contribution in [3.05, 3.63) is 28.8 Å². The molecule has 0 radical (unpaired) electrons. The zero-order valence-corrected chi connectivity index (χ0v) is 14.9. The molecule has 1 rings (SSSR count). The Kier molecular flexibility index (Phi) is 6.60. The van der Waals surface area contributed by atoms with E-state index >= 15 is 0 Å². The molecule has 0 amide bonds. The minimum absolute atomic E-state index is 0.187. The van der Waals surface area contributed by atoms with Crippen molar-refractivity contribution in [1.29, 1.82) is 0 Å². The number of hydrogen-bond acceptors (Lipinski definition) is 4. The van der Waals surface area contributed by atoms with E-state index in [1.165, 1.54) is 19.4 Å². The molecule has 4 nitrogen and oxygen atoms in total. The Labute approximate surface area is 133 Å². The first-order valence-corrected chi connectivity index (χ1v) is 9.64. The van der Waals surface area contributed by atoms with E-state index in [4.69, 9.17) is 4.74 Å². The minimum atomic E-state index is -3.40. The van der Waals surface area contributed by atoms with Crippen molar-refractivity contribution in [3.63, 3.8) is 0 Å². The zero-order valence-electron chi connectivity index (χ0n) is 14.1. The average molecular weight is 326 g/mol. The SMILES string of the molecule is CCCC(CC)c1cc(CC)c(C(=O)OC)cc1S(C)(=O)=O. The predicted octanol–water partition coefficient (Wildman–Crippen LogP) is 3.73. The van der Waals surface area contributed by atoms with Gasteiger partial charge in [0.25, 0.3) is 0 Å². The van der Waals surface area contributed by atoms with Gasteiger partial charge in [0.05, 0.1) is 17.6 Å². The molecule has 1 unspecified atom stereocenters. The Bertz CT molecular complexity index is 632. The quantitative estimate of drug-likeness (QED) is 0.716. The molecule has 0 aromatic heterocycles. The maximum atomic E-state index is 12.2. The number of aryl methyl sites for hydroxylation is 1. The van der Waals surface area contributed by atoms with Crippen LogP contribution >= 0.6 is 0 Å². The number of ether oxygens (including phenoxy) is 1. The van der Waals surface area contributed by atoms with Gasteiger partial charge in [0, 0.05) is 6.26 Å². The molecule has 0 aliphatic rings. The van der Waals surface area contributed by atoms with Gasteiger partial charge in [0.2, 0.25) is 0 Å². The second kappa shape index (κ2) is 7.77. The zero-order chi connectivity index (χ0) is 16.9. The highest BCUT2D eigenvalue weighted by Crippen LogP contribution is 2.33. The molecular weight excluding hydrogens is 300 g/mol. The third-order valence-corrected chi connectivity index (χ3v) is 5.14. The number of methoxy groups -OCH3 is 1. The van der Waals surface area contributed by atoms with Crippen molar-refractivity contribution in [2.24, 2.45) is 0 Å². The molecule has 0 bridgehead atoms. The van der Waals surface area contributed by atoms with Crippen LogP contribution in [0.4, 0.5) is 0 Å². The van der Waals surface area contributed by atoms with Crippen LogP contribution in [0, 0.1) is 0 Å². The van der Waals surface area contributed by atoms with Gasteiger partial charge in [-0.15, -0.1) is 0 Å². The van der Waals surface area contributed by atoms with Gasteiger partial charge in [-0.2, -0.15) is 0 Å². The van der Waals surface area contributed by atoms with Gasteiger partial charge in [-0.25, -0.2) is 13.2 Å². The van der Waals surface area contributed by atoms with Crippen LogP contribution < -0.4 is 0 Å². The lowest BCUT2D eigenvalue weighted by molar-refractivity contribution is 0.0599. The fourth-order valence-electron chi connectivity index (χ4n) is 2.80. The van der Waals surface area contributed by atoms with E-state index in [-0.39, 0.29) is 10.8 Å². The van der Waals surface area contributed by atoms with E-state index in [1.54, 1.807) is 0 Å². The van der Waals surface area contributed by atoms with Gasteiger partial charge in [-0.3, -0.25) is 0 Å². The van der Waals surface area contributed by atoms with Crippen LogP contribution in [0.25, 0.3) is 0 Å². The van der Waals surface area contributed by atoms with Crippen LogP contribution in [0.5, 0.6) is 0 Å². The summed E-state index contributed by atoms with van der Waals surface area (Å²) < 4.78 is 29.2. The van der Waals surface area contributed by atoms with Gasteiger partial charge in [0.15, 0.2) is 9.84 Å². The predicted molar refractivity (Wildman–Crippen MR) is 88.2 cm³/mol. The molecular formula is C17H26O4S. The van der Waals surface area contributed by atoms with E-state index in [2.05, 4.69) is 13.8 Å². The molecule has 124 valence electrons. The monoisotopic (exact) mass is 326 g/mol. The first-order chi connectivity index (χ1) is 10.3. The summed E-state index contributed by atoms with van der Waals surface area (Å²) in [6.07, 6.45) is 4.64. The van der Waals surface area contributed by atoms with Crippen LogP contribution in [-0.4, -0.2) is 27.8 Å². The van der Waals surface area contributed by atoms with Crippen LogP contribution in [0.15, 0.2) is 17.0 Å². The van der Waals surface area contributed by atoms with Gasteiger partial charge in [-0.05, 0) is 42.4 Å². The molecule has 0 spiro atoms. The second-order valence-corrected chi connectivity index (χ2v) is 7.54. The lowest BCUT2D eigenvalue weighted by atomic mass is 9.89. The van der Waals surface area contributed by atoms with E-state index in [0.29, 0.717) is 12.0 Å². The molecule has 0 aliphatic carbocycles. The number of carbonyl (C=O) groups is 1. The fourth-order valence-corrected chi connectivity index (χ4v) is 3.79. The van der Waals surface area contributed by atoms with E-state index in [0.717, 1.165) is 30.4 Å². The number of benzene rings is 1. The Morgan fingerprint density at radius 3 is 2.27 bits per heavy atom. The Morgan fingerprint density at radius 1 is 1.23 bits per heavy atom. The summed E-state index contributed by atoms with van der Waals surface area (Å²) >= 11 is 0. The summed E-state index contributed by atoms with van der Waals surface area (Å²) in [4.78, 5) is 12.2. The third-order valence-electron chi connectivity index (χ3n) is 3.99. The number of rotatable bonds is 7. The molecule has 0 saturated heterocycles. The largest absolute Gasteiger partial charge is 0.465 e. The summed E-state index contributed by atoms with van der Waals surface area (Å²) in [5.41, 5.74) is 2.01. The van der Waals surface area contributed by atoms with Crippen LogP contribution in [0.2, 0.25) is 0 Å². The highest BCUT2D eigenvalue weighted by Gasteiger charge is 2.24. The molecule has 0 heterocycles. The van der Waals surface area contributed by atoms with E-state index < -0.39 is 15.8 Å². The summed E-state index contributed by atoms with van der Waals surface area (Å²) in [7, 11) is -2.10. The van der Waals surface area contributed by atoms with E-state index in [9.17, 15) is 13.2 Å². The molecule has 1 aromatic rings. The summed E-state index contributed by atoms with van der Waals surface area (Å²) in [5.74, 6) is -0.302. The van der Waals surface area contributed by atoms with Crippen LogP contribution in [0.1, 0.15) is 67.4 Å². The number of esters is 1. The smallest absolute Gasteiger partial charge is 0.338 e. The first-order valence-electron chi connectivity index (χ1n) is 7.75. The maximum absolute atomic E-state index is 12.2. The molecule has 0 N–H and O–H groups in total. The van der Waals surface area contributed by atoms with Gasteiger partial charge in [-0.1, -0.05) is 33.3 Å². The van der Waals surface area contributed by atoms with Gasteiger partial charge >= 0.3 is 5.97 Å². The van der Waals surface area contributed by atoms with Crippen molar-refractivity contribution in [2.75, 3.05) is 13.4 Å². The Hall–Kier alpha value is -1.36. The van der Waals surface area contributed by atoms with Crippen LogP contribution in [-0.2, 0) is 21.0 Å². The maximum Gasteiger partial charge on any atom is 0.338 e. The van der Waals surface area contributed by atoms with Gasteiger partial charge in [0.1, 0.15) is 0 Å². The molecule has 22 heavy (non-hydrogen) atoms. The first kappa shape index (κ1) is 18.7. The van der Waals surface area contributed by atoms with Crippen molar-refractivity contribution in [3.8, 4) is 0 Å². The molecule has 0 aliphatic heterocycles. The highest BCUT2D eigenvalue weighted by molar-refractivity contribution is 7.90. The van der Waals surface area contributed by atoms with Crippen molar-refractivity contribution >= 4 is 15.8 Å². The van der Waals surface area contributed by atoms with Crippen molar-refractivity contribution in [2.45, 2.75) is 57.3 Å². The molecule has 1 atom stereocenters. The molecule has 1 aromatic carbocycles. The Balaban J connectivity index is 3.64. The fraction of sp³-hybridized carbons (Fsp3) is 0.588. The number of sulfone groups is 1. The lowest BCUT2D eigenvalue weighted by Crippen LogP contribution is -2.13. The normalized spacial score (nSPS) is 13.0. The Morgan fingerprint density at radius 2 is 1.86 bits per heavy atom. The van der Waals surface area contributed by atoms with Crippen LogP contribution in [0.3, 0.4) is 0 Å². The highest BCUT2D eigenvalue weighted by atomic mass is 32.2. The average Bonchev–Trinajstić information content (AvgIpc) is 2.49. The van der Waals surface area contributed by atoms with E-state index in [1.807, 2.05) is 13.0 Å². The van der Waals surface area contributed by atoms with Crippen molar-refractivity contribution < 1.29 is 17.9 Å². The molecule has 5 heteroatoms. The third kappa shape index (κ3) is 4.09. The molecule has 0 fully saturated rings. The minimum Gasteiger partial charge on any atom is -0.465 e. The molecule has 0 saturated carbocycles. The van der Waals surface area contributed by atoms with Gasteiger partial charge < -0.3 is 4.74 Å². The standard InChI is InChI=1S/C17H26O4S/c1-6-9-12(7-2)14-10-13(8-3)15(17(18)21-4)11-16(14)22(5,19)20/h10-12H,6-9H2,1-5H3. The number of carbonyl (C=O) groups excluding carboxylic acids is 1.